The Bertz CT molecular complexity index is 398. The molecule has 1 aliphatic carbocycles. The summed E-state index contributed by atoms with van der Waals surface area (Å²) in [7, 11) is 0. The molecule has 2 rings (SSSR count). The zero-order valence-corrected chi connectivity index (χ0v) is 11.6. The van der Waals surface area contributed by atoms with Gasteiger partial charge in [-0.15, -0.1) is 0 Å². The number of benzene rings is 1. The summed E-state index contributed by atoms with van der Waals surface area (Å²) >= 11 is 0. The molecule has 1 N–H and O–H groups in total. The molecule has 1 aromatic carbocycles. The molecule has 3 heteroatoms. The van der Waals surface area contributed by atoms with E-state index in [-0.39, 0.29) is 0 Å². The number of nitrogens with one attached hydrogen (secondary N) is 1. The molecule has 0 heterocycles. The van der Waals surface area contributed by atoms with Gasteiger partial charge in [-0.3, -0.25) is 0 Å². The zero-order valence-electron chi connectivity index (χ0n) is 11.6. The highest BCUT2D eigenvalue weighted by Gasteiger charge is 2.17. The van der Waals surface area contributed by atoms with E-state index in [0.29, 0.717) is 12.1 Å². The van der Waals surface area contributed by atoms with Crippen molar-refractivity contribution in [2.45, 2.75) is 45.6 Å². The number of rotatable bonds is 5. The van der Waals surface area contributed by atoms with E-state index in [9.17, 15) is 8.78 Å². The third-order valence-electron chi connectivity index (χ3n) is 4.20. The minimum atomic E-state index is -0.516. The molecule has 1 aromatic rings. The van der Waals surface area contributed by atoms with Crippen LogP contribution in [0, 0.1) is 23.5 Å². The lowest BCUT2D eigenvalue weighted by molar-refractivity contribution is 0.275. The average molecular weight is 267 g/mol. The Morgan fingerprint density at radius 3 is 2.58 bits per heavy atom. The standard InChI is InChI=1S/C16H23F2N/c1-12-2-4-13(5-3-12)8-9-19-11-14-6-7-15(17)10-16(14)18/h6-7,10,12-13,19H,2-5,8-9,11H2,1H3. The van der Waals surface area contributed by atoms with Crippen molar-refractivity contribution in [1.82, 2.24) is 5.32 Å². The molecule has 19 heavy (non-hydrogen) atoms. The molecule has 0 aliphatic heterocycles. The SMILES string of the molecule is CC1CCC(CCNCc2ccc(F)cc2F)CC1. The summed E-state index contributed by atoms with van der Waals surface area (Å²) in [6.45, 7) is 3.72. The average Bonchev–Trinajstić information content (AvgIpc) is 2.39. The largest absolute Gasteiger partial charge is 0.313 e. The van der Waals surface area contributed by atoms with Crippen LogP contribution in [0.15, 0.2) is 18.2 Å². The molecule has 0 radical (unpaired) electrons. The minimum Gasteiger partial charge on any atom is -0.313 e. The van der Waals surface area contributed by atoms with Gasteiger partial charge in [-0.25, -0.2) is 8.78 Å². The molecule has 0 unspecified atom stereocenters. The smallest absolute Gasteiger partial charge is 0.130 e. The molecule has 0 spiro atoms. The van der Waals surface area contributed by atoms with Gasteiger partial charge >= 0.3 is 0 Å². The van der Waals surface area contributed by atoms with Gasteiger partial charge in [-0.05, 0) is 30.9 Å². The van der Waals surface area contributed by atoms with Gasteiger partial charge in [0.05, 0.1) is 0 Å². The zero-order chi connectivity index (χ0) is 13.7. The molecule has 1 saturated carbocycles. The lowest BCUT2D eigenvalue weighted by atomic mass is 9.81. The third kappa shape index (κ3) is 4.57. The molecule has 0 saturated heterocycles. The van der Waals surface area contributed by atoms with Crippen LogP contribution >= 0.6 is 0 Å². The first-order chi connectivity index (χ1) is 9.15. The fraction of sp³-hybridized carbons (Fsp3) is 0.625. The second-order valence-corrected chi connectivity index (χ2v) is 5.83. The predicted molar refractivity (Wildman–Crippen MR) is 73.8 cm³/mol. The highest BCUT2D eigenvalue weighted by Crippen LogP contribution is 2.29. The Labute approximate surface area is 114 Å². The van der Waals surface area contributed by atoms with Gasteiger partial charge in [0.1, 0.15) is 11.6 Å². The summed E-state index contributed by atoms with van der Waals surface area (Å²) in [6, 6.07) is 3.77. The van der Waals surface area contributed by atoms with Crippen LogP contribution in [0.4, 0.5) is 8.78 Å². The summed E-state index contributed by atoms with van der Waals surface area (Å²) in [5.41, 5.74) is 0.540. The summed E-state index contributed by atoms with van der Waals surface area (Å²) in [5.74, 6) is 0.732. The van der Waals surface area contributed by atoms with Crippen molar-refractivity contribution in [3.8, 4) is 0 Å². The fourth-order valence-electron chi connectivity index (χ4n) is 2.81. The Balaban J connectivity index is 1.66. The number of halogens is 2. The van der Waals surface area contributed by atoms with Crippen molar-refractivity contribution >= 4 is 0 Å². The summed E-state index contributed by atoms with van der Waals surface area (Å²) in [5, 5.41) is 3.26. The molecule has 0 amide bonds. The summed E-state index contributed by atoms with van der Waals surface area (Å²) < 4.78 is 26.1. The maximum absolute atomic E-state index is 13.4. The van der Waals surface area contributed by atoms with Gasteiger partial charge in [-0.1, -0.05) is 38.7 Å². The molecule has 106 valence electrons. The van der Waals surface area contributed by atoms with Gasteiger partial charge in [0.15, 0.2) is 0 Å². The van der Waals surface area contributed by atoms with Crippen LogP contribution in [0.2, 0.25) is 0 Å². The predicted octanol–water partition coefficient (Wildman–Crippen LogP) is 4.27. The number of hydrogen-bond donors (Lipinski definition) is 1. The molecule has 0 bridgehead atoms. The van der Waals surface area contributed by atoms with E-state index in [0.717, 1.165) is 30.9 Å². The summed E-state index contributed by atoms with van der Waals surface area (Å²) in [6.07, 6.45) is 6.51. The molecule has 1 nitrogen and oxygen atoms in total. The van der Waals surface area contributed by atoms with Crippen molar-refractivity contribution in [2.24, 2.45) is 11.8 Å². The molecule has 0 atom stereocenters. The van der Waals surface area contributed by atoms with E-state index in [4.69, 9.17) is 0 Å². The van der Waals surface area contributed by atoms with E-state index in [1.165, 1.54) is 37.8 Å². The fourth-order valence-corrected chi connectivity index (χ4v) is 2.81. The highest BCUT2D eigenvalue weighted by molar-refractivity contribution is 5.18. The maximum Gasteiger partial charge on any atom is 0.130 e. The van der Waals surface area contributed by atoms with Crippen molar-refractivity contribution in [3.05, 3.63) is 35.4 Å². The maximum atomic E-state index is 13.4. The highest BCUT2D eigenvalue weighted by atomic mass is 19.1. The van der Waals surface area contributed by atoms with Crippen LogP contribution in [0.5, 0.6) is 0 Å². The molecule has 1 fully saturated rings. The van der Waals surface area contributed by atoms with Crippen molar-refractivity contribution in [1.29, 1.82) is 0 Å². The molecular weight excluding hydrogens is 244 g/mol. The second-order valence-electron chi connectivity index (χ2n) is 5.83. The van der Waals surface area contributed by atoms with Crippen LogP contribution in [-0.4, -0.2) is 6.54 Å². The van der Waals surface area contributed by atoms with Crippen LogP contribution in [0.1, 0.15) is 44.6 Å². The first-order valence-electron chi connectivity index (χ1n) is 7.30. The van der Waals surface area contributed by atoms with Gasteiger partial charge < -0.3 is 5.32 Å². The lowest BCUT2D eigenvalue weighted by Gasteiger charge is -2.26. The monoisotopic (exact) mass is 267 g/mol. The van der Waals surface area contributed by atoms with Crippen LogP contribution < -0.4 is 5.32 Å². The molecular formula is C16H23F2N. The Kier molecular flexibility index (Phi) is 5.32. The van der Waals surface area contributed by atoms with Crippen molar-refractivity contribution in [3.63, 3.8) is 0 Å². The molecule has 1 aliphatic rings. The third-order valence-corrected chi connectivity index (χ3v) is 4.20. The van der Waals surface area contributed by atoms with E-state index >= 15 is 0 Å². The molecule has 0 aromatic heterocycles. The minimum absolute atomic E-state index is 0.459. The second kappa shape index (κ2) is 6.99. The number of hydrogen-bond acceptors (Lipinski definition) is 1. The lowest BCUT2D eigenvalue weighted by Crippen LogP contribution is -2.21. The van der Waals surface area contributed by atoms with Gasteiger partial charge in [0, 0.05) is 18.2 Å². The van der Waals surface area contributed by atoms with Crippen molar-refractivity contribution in [2.75, 3.05) is 6.54 Å². The first kappa shape index (κ1) is 14.4. The summed E-state index contributed by atoms with van der Waals surface area (Å²) in [4.78, 5) is 0. The first-order valence-corrected chi connectivity index (χ1v) is 7.30. The Morgan fingerprint density at radius 1 is 1.16 bits per heavy atom. The quantitative estimate of drug-likeness (QED) is 0.786. The normalized spacial score (nSPS) is 23.5. The van der Waals surface area contributed by atoms with Gasteiger partial charge in [0.2, 0.25) is 0 Å². The van der Waals surface area contributed by atoms with E-state index in [1.54, 1.807) is 0 Å². The van der Waals surface area contributed by atoms with Gasteiger partial charge in [0.25, 0.3) is 0 Å². The van der Waals surface area contributed by atoms with Crippen LogP contribution in [0.3, 0.4) is 0 Å². The van der Waals surface area contributed by atoms with Crippen molar-refractivity contribution < 1.29 is 8.78 Å². The van der Waals surface area contributed by atoms with E-state index in [1.807, 2.05) is 0 Å². The topological polar surface area (TPSA) is 12.0 Å². The van der Waals surface area contributed by atoms with E-state index in [2.05, 4.69) is 12.2 Å². The van der Waals surface area contributed by atoms with Crippen LogP contribution in [0.25, 0.3) is 0 Å². The van der Waals surface area contributed by atoms with Gasteiger partial charge in [-0.2, -0.15) is 0 Å². The van der Waals surface area contributed by atoms with Crippen LogP contribution in [-0.2, 0) is 6.54 Å². The Hall–Kier alpha value is -0.960. The Morgan fingerprint density at radius 2 is 1.89 bits per heavy atom. The van der Waals surface area contributed by atoms with E-state index < -0.39 is 11.6 Å².